The molecule has 0 unspecified atom stereocenters. The largest absolute Gasteiger partial charge is 0.493 e. The van der Waals surface area contributed by atoms with Crippen molar-refractivity contribution in [2.24, 2.45) is 5.16 Å². The highest BCUT2D eigenvalue weighted by molar-refractivity contribution is 6.35. The van der Waals surface area contributed by atoms with E-state index in [2.05, 4.69) is 9.89 Å². The van der Waals surface area contributed by atoms with Gasteiger partial charge in [-0.2, -0.15) is 8.78 Å². The highest BCUT2D eigenvalue weighted by Crippen LogP contribution is 2.29. The van der Waals surface area contributed by atoms with Gasteiger partial charge in [-0.05, 0) is 30.3 Å². The number of benzene rings is 2. The second-order valence-corrected chi connectivity index (χ2v) is 5.31. The zero-order valence-corrected chi connectivity index (χ0v) is 14.0. The molecular weight excluding hydrogens is 363 g/mol. The fourth-order valence-electron chi connectivity index (χ4n) is 1.83. The van der Waals surface area contributed by atoms with Crippen LogP contribution in [0.4, 0.5) is 8.78 Å². The van der Waals surface area contributed by atoms with Crippen molar-refractivity contribution in [1.82, 2.24) is 0 Å². The average Bonchev–Trinajstić information content (AvgIpc) is 2.54. The summed E-state index contributed by atoms with van der Waals surface area (Å²) in [6, 6.07) is 9.51. The van der Waals surface area contributed by atoms with Gasteiger partial charge in [-0.15, -0.1) is 0 Å². The normalized spacial score (nSPS) is 11.1. The van der Waals surface area contributed by atoms with Gasteiger partial charge in [0.15, 0.2) is 11.5 Å². The number of rotatable bonds is 7. The predicted octanol–water partition coefficient (Wildman–Crippen LogP) is 5.15. The first-order valence-electron chi connectivity index (χ1n) is 6.72. The van der Waals surface area contributed by atoms with E-state index < -0.39 is 6.61 Å². The van der Waals surface area contributed by atoms with Crippen LogP contribution in [0.15, 0.2) is 41.6 Å². The lowest BCUT2D eigenvalue weighted by atomic mass is 10.2. The lowest BCUT2D eigenvalue weighted by Gasteiger charge is -2.10. The standard InChI is InChI=1S/C16H13Cl2F2NO3/c1-22-15-7-10(5-6-14(15)24-16(19)20)8-21-23-9-11-12(17)3-2-4-13(11)18/h2-8,16H,9H2,1H3/b21-8+. The molecule has 24 heavy (non-hydrogen) atoms. The smallest absolute Gasteiger partial charge is 0.387 e. The van der Waals surface area contributed by atoms with Gasteiger partial charge in [0, 0.05) is 21.2 Å². The summed E-state index contributed by atoms with van der Waals surface area (Å²) in [6.45, 7) is -2.83. The van der Waals surface area contributed by atoms with Crippen LogP contribution in [0.2, 0.25) is 10.0 Å². The van der Waals surface area contributed by atoms with Crippen molar-refractivity contribution in [3.05, 3.63) is 57.6 Å². The topological polar surface area (TPSA) is 40.0 Å². The zero-order chi connectivity index (χ0) is 17.5. The number of nitrogens with zero attached hydrogens (tertiary/aromatic N) is 1. The summed E-state index contributed by atoms with van der Waals surface area (Å²) in [5, 5.41) is 4.76. The summed E-state index contributed by atoms with van der Waals surface area (Å²) in [6.07, 6.45) is 1.40. The number of oxime groups is 1. The van der Waals surface area contributed by atoms with Gasteiger partial charge in [-0.1, -0.05) is 34.4 Å². The number of halogens is 4. The van der Waals surface area contributed by atoms with Gasteiger partial charge in [0.05, 0.1) is 13.3 Å². The maximum Gasteiger partial charge on any atom is 0.387 e. The number of hydrogen-bond donors (Lipinski definition) is 0. The van der Waals surface area contributed by atoms with E-state index in [0.717, 1.165) is 0 Å². The Bertz CT molecular complexity index is 706. The Kier molecular flexibility index (Phi) is 6.63. The third-order valence-electron chi connectivity index (χ3n) is 2.95. The molecule has 0 saturated heterocycles. The van der Waals surface area contributed by atoms with Gasteiger partial charge in [0.25, 0.3) is 0 Å². The summed E-state index contributed by atoms with van der Waals surface area (Å²) in [4.78, 5) is 5.16. The van der Waals surface area contributed by atoms with E-state index in [0.29, 0.717) is 21.2 Å². The van der Waals surface area contributed by atoms with Crippen molar-refractivity contribution < 1.29 is 23.1 Å². The predicted molar refractivity (Wildman–Crippen MR) is 88.5 cm³/mol. The molecule has 0 aliphatic carbocycles. The number of ether oxygens (including phenoxy) is 2. The maximum atomic E-state index is 12.3. The van der Waals surface area contributed by atoms with E-state index in [1.807, 2.05) is 0 Å². The highest BCUT2D eigenvalue weighted by atomic mass is 35.5. The van der Waals surface area contributed by atoms with Crippen molar-refractivity contribution in [1.29, 1.82) is 0 Å². The molecule has 4 nitrogen and oxygen atoms in total. The fourth-order valence-corrected chi connectivity index (χ4v) is 2.33. The van der Waals surface area contributed by atoms with E-state index in [-0.39, 0.29) is 18.1 Å². The van der Waals surface area contributed by atoms with E-state index in [4.69, 9.17) is 32.8 Å². The first kappa shape index (κ1) is 18.3. The Morgan fingerprint density at radius 1 is 1.12 bits per heavy atom. The van der Waals surface area contributed by atoms with E-state index >= 15 is 0 Å². The molecule has 0 atom stereocenters. The number of methoxy groups -OCH3 is 1. The van der Waals surface area contributed by atoms with Crippen molar-refractivity contribution in [2.45, 2.75) is 13.2 Å². The molecule has 0 aliphatic heterocycles. The molecule has 0 N–H and O–H groups in total. The summed E-state index contributed by atoms with van der Waals surface area (Å²) >= 11 is 12.0. The monoisotopic (exact) mass is 375 g/mol. The van der Waals surface area contributed by atoms with Crippen LogP contribution in [-0.2, 0) is 11.4 Å². The number of hydrogen-bond acceptors (Lipinski definition) is 4. The molecule has 0 fully saturated rings. The minimum absolute atomic E-state index is 0.0617. The first-order valence-corrected chi connectivity index (χ1v) is 7.48. The molecule has 0 heterocycles. The van der Waals surface area contributed by atoms with Gasteiger partial charge >= 0.3 is 6.61 Å². The maximum absolute atomic E-state index is 12.3. The van der Waals surface area contributed by atoms with Crippen molar-refractivity contribution in [3.63, 3.8) is 0 Å². The Balaban J connectivity index is 2.01. The Labute approximate surface area is 147 Å². The van der Waals surface area contributed by atoms with Gasteiger partial charge < -0.3 is 14.3 Å². The van der Waals surface area contributed by atoms with Crippen LogP contribution in [0.3, 0.4) is 0 Å². The number of alkyl halides is 2. The Morgan fingerprint density at radius 2 is 1.83 bits per heavy atom. The molecule has 2 rings (SSSR count). The lowest BCUT2D eigenvalue weighted by molar-refractivity contribution is -0.0512. The molecule has 0 aliphatic rings. The van der Waals surface area contributed by atoms with Crippen molar-refractivity contribution >= 4 is 29.4 Å². The third-order valence-corrected chi connectivity index (χ3v) is 3.66. The Hall–Kier alpha value is -2.05. The molecule has 8 heteroatoms. The molecule has 0 amide bonds. The summed E-state index contributed by atoms with van der Waals surface area (Å²) in [7, 11) is 1.35. The molecule has 2 aromatic carbocycles. The van der Waals surface area contributed by atoms with Crippen LogP contribution in [0.5, 0.6) is 11.5 Å². The van der Waals surface area contributed by atoms with Crippen LogP contribution in [0.1, 0.15) is 11.1 Å². The molecule has 0 aromatic heterocycles. The Morgan fingerprint density at radius 3 is 2.46 bits per heavy atom. The van der Waals surface area contributed by atoms with Crippen LogP contribution in [0, 0.1) is 0 Å². The molecule has 0 bridgehead atoms. The van der Waals surface area contributed by atoms with Gasteiger partial charge in [-0.25, -0.2) is 0 Å². The molecule has 0 saturated carbocycles. The molecular formula is C16H13Cl2F2NO3. The summed E-state index contributed by atoms with van der Waals surface area (Å²) in [5.74, 6) is 0.0989. The third kappa shape index (κ3) is 4.97. The van der Waals surface area contributed by atoms with Crippen molar-refractivity contribution in [2.75, 3.05) is 7.11 Å². The molecule has 0 radical (unpaired) electrons. The van der Waals surface area contributed by atoms with Crippen molar-refractivity contribution in [3.8, 4) is 11.5 Å². The average molecular weight is 376 g/mol. The molecule has 0 spiro atoms. The first-order chi connectivity index (χ1) is 11.5. The lowest BCUT2D eigenvalue weighted by Crippen LogP contribution is -2.03. The summed E-state index contributed by atoms with van der Waals surface area (Å²) in [5.41, 5.74) is 1.20. The minimum Gasteiger partial charge on any atom is -0.493 e. The second-order valence-electron chi connectivity index (χ2n) is 4.50. The van der Waals surface area contributed by atoms with Gasteiger partial charge in [0.1, 0.15) is 6.61 Å². The second kappa shape index (κ2) is 8.70. The highest BCUT2D eigenvalue weighted by Gasteiger charge is 2.10. The minimum atomic E-state index is -2.93. The van der Waals surface area contributed by atoms with Gasteiger partial charge in [-0.3, -0.25) is 0 Å². The molecule has 2 aromatic rings. The molecule has 128 valence electrons. The van der Waals surface area contributed by atoms with Crippen LogP contribution in [0.25, 0.3) is 0 Å². The zero-order valence-electron chi connectivity index (χ0n) is 12.5. The van der Waals surface area contributed by atoms with Gasteiger partial charge in [0.2, 0.25) is 0 Å². The quantitative estimate of drug-likeness (QED) is 0.495. The summed E-state index contributed by atoms with van der Waals surface area (Å²) < 4.78 is 33.9. The van der Waals surface area contributed by atoms with Crippen LogP contribution < -0.4 is 9.47 Å². The fraction of sp³-hybridized carbons (Fsp3) is 0.188. The SMILES string of the molecule is COc1cc(/C=N/OCc2c(Cl)cccc2Cl)ccc1OC(F)F. The van der Waals surface area contributed by atoms with E-state index in [1.54, 1.807) is 18.2 Å². The van der Waals surface area contributed by atoms with Crippen LogP contribution in [-0.4, -0.2) is 19.9 Å². The van der Waals surface area contributed by atoms with E-state index in [1.165, 1.54) is 31.5 Å². The van der Waals surface area contributed by atoms with Crippen LogP contribution >= 0.6 is 23.2 Å². The van der Waals surface area contributed by atoms with E-state index in [9.17, 15) is 8.78 Å².